The Morgan fingerprint density at radius 1 is 1.10 bits per heavy atom. The van der Waals surface area contributed by atoms with Gasteiger partial charge in [0.1, 0.15) is 11.6 Å². The van der Waals surface area contributed by atoms with Crippen molar-refractivity contribution in [3.8, 4) is 0 Å². The van der Waals surface area contributed by atoms with Gasteiger partial charge in [0.25, 0.3) is 0 Å². The van der Waals surface area contributed by atoms with Crippen LogP contribution >= 0.6 is 0 Å². The van der Waals surface area contributed by atoms with Crippen LogP contribution in [-0.2, 0) is 20.7 Å². The van der Waals surface area contributed by atoms with Gasteiger partial charge in [0.2, 0.25) is 5.91 Å². The molecule has 0 aliphatic heterocycles. The van der Waals surface area contributed by atoms with Crippen LogP contribution < -0.4 is 10.6 Å². The molecule has 1 aromatic carbocycles. The fourth-order valence-corrected chi connectivity index (χ4v) is 3.62. The molecule has 2 rings (SSSR count). The number of alkyl carbamates (subject to hydrolysis) is 1. The second-order valence-electron chi connectivity index (χ2n) is 9.19. The van der Waals surface area contributed by atoms with E-state index in [1.165, 1.54) is 0 Å². The van der Waals surface area contributed by atoms with Crippen molar-refractivity contribution in [1.82, 2.24) is 10.6 Å². The number of carbonyl (C=O) groups excluding carboxylic acids is 2. The van der Waals surface area contributed by atoms with Gasteiger partial charge in [0.05, 0.1) is 0 Å². The van der Waals surface area contributed by atoms with Gasteiger partial charge in [0, 0.05) is 18.9 Å². The highest BCUT2D eigenvalue weighted by Crippen LogP contribution is 2.28. The van der Waals surface area contributed by atoms with Crippen LogP contribution in [0.25, 0.3) is 0 Å². The van der Waals surface area contributed by atoms with Crippen molar-refractivity contribution in [3.63, 3.8) is 0 Å². The Hall–Kier alpha value is -2.57. The summed E-state index contributed by atoms with van der Waals surface area (Å²) in [6.45, 7) is 7.95. The molecule has 2 amide bonds. The van der Waals surface area contributed by atoms with E-state index in [2.05, 4.69) is 10.6 Å². The van der Waals surface area contributed by atoms with E-state index in [0.29, 0.717) is 25.3 Å². The minimum absolute atomic E-state index is 0.192. The summed E-state index contributed by atoms with van der Waals surface area (Å²) in [6, 6.07) is 6.71. The molecule has 1 atom stereocenters. The zero-order valence-corrected chi connectivity index (χ0v) is 18.4. The van der Waals surface area contributed by atoms with Gasteiger partial charge in [-0.15, -0.1) is 0 Å². The summed E-state index contributed by atoms with van der Waals surface area (Å²) in [5, 5.41) is 15.0. The van der Waals surface area contributed by atoms with Gasteiger partial charge in [-0.05, 0) is 64.9 Å². The number of benzene rings is 1. The minimum Gasteiger partial charge on any atom is -0.480 e. The Balaban J connectivity index is 1.78. The van der Waals surface area contributed by atoms with Gasteiger partial charge < -0.3 is 20.5 Å². The molecular formula is C23H34N2O5. The van der Waals surface area contributed by atoms with Crippen molar-refractivity contribution >= 4 is 18.0 Å². The number of nitrogens with one attached hydrogen (secondary N) is 2. The maximum Gasteiger partial charge on any atom is 0.407 e. The standard InChI is InChI=1S/C23H34N2O5/c1-15-5-7-16(8-6-15)13-19(21(27)28)25-20(26)18-11-9-17(10-12-18)14-24-22(29)30-23(2,3)4/h5-8,17-19H,9-14H2,1-4H3,(H,24,29)(H,25,26)(H,27,28). The normalized spacial score (nSPS) is 20.1. The first kappa shape index (κ1) is 23.7. The first-order chi connectivity index (χ1) is 14.0. The molecule has 0 saturated heterocycles. The van der Waals surface area contributed by atoms with Crippen molar-refractivity contribution in [2.24, 2.45) is 11.8 Å². The van der Waals surface area contributed by atoms with Crippen LogP contribution in [0, 0.1) is 18.8 Å². The number of amides is 2. The van der Waals surface area contributed by atoms with Crippen molar-refractivity contribution in [2.45, 2.75) is 71.4 Å². The number of carboxylic acids is 1. The van der Waals surface area contributed by atoms with Crippen molar-refractivity contribution in [1.29, 1.82) is 0 Å². The third-order valence-corrected chi connectivity index (χ3v) is 5.33. The molecule has 1 aromatic rings. The average molecular weight is 419 g/mol. The lowest BCUT2D eigenvalue weighted by molar-refractivity contribution is -0.142. The van der Waals surface area contributed by atoms with Crippen molar-refractivity contribution in [2.75, 3.05) is 6.54 Å². The Morgan fingerprint density at radius 2 is 1.70 bits per heavy atom. The van der Waals surface area contributed by atoms with Gasteiger partial charge in [0.15, 0.2) is 0 Å². The highest BCUT2D eigenvalue weighted by Gasteiger charge is 2.30. The molecule has 0 radical (unpaired) electrons. The van der Waals surface area contributed by atoms with E-state index in [1.807, 2.05) is 52.0 Å². The quantitative estimate of drug-likeness (QED) is 0.629. The molecule has 30 heavy (non-hydrogen) atoms. The SMILES string of the molecule is Cc1ccc(CC(NC(=O)C2CCC(CNC(=O)OC(C)(C)C)CC2)C(=O)O)cc1. The summed E-state index contributed by atoms with van der Waals surface area (Å²) in [6.07, 6.45) is 2.82. The number of rotatable bonds is 7. The lowest BCUT2D eigenvalue weighted by Gasteiger charge is -2.29. The molecule has 1 aliphatic rings. The van der Waals surface area contributed by atoms with Gasteiger partial charge in [-0.1, -0.05) is 29.8 Å². The number of hydrogen-bond donors (Lipinski definition) is 3. The Bertz CT molecular complexity index is 731. The first-order valence-corrected chi connectivity index (χ1v) is 10.6. The first-order valence-electron chi connectivity index (χ1n) is 10.6. The summed E-state index contributed by atoms with van der Waals surface area (Å²) >= 11 is 0. The average Bonchev–Trinajstić information content (AvgIpc) is 2.66. The predicted molar refractivity (Wildman–Crippen MR) is 114 cm³/mol. The fourth-order valence-electron chi connectivity index (χ4n) is 3.62. The van der Waals surface area contributed by atoms with E-state index in [0.717, 1.165) is 24.0 Å². The molecule has 166 valence electrons. The predicted octanol–water partition coefficient (Wildman–Crippen LogP) is 3.44. The van der Waals surface area contributed by atoms with Crippen LogP contribution in [0.2, 0.25) is 0 Å². The van der Waals surface area contributed by atoms with Gasteiger partial charge in [-0.25, -0.2) is 9.59 Å². The summed E-state index contributed by atoms with van der Waals surface area (Å²) in [5.74, 6) is -1.13. The molecule has 3 N–H and O–H groups in total. The number of carbonyl (C=O) groups is 3. The molecule has 7 heteroatoms. The largest absolute Gasteiger partial charge is 0.480 e. The van der Waals surface area contributed by atoms with Crippen LogP contribution in [0.1, 0.15) is 57.6 Å². The van der Waals surface area contributed by atoms with Gasteiger partial charge >= 0.3 is 12.1 Å². The highest BCUT2D eigenvalue weighted by molar-refractivity contribution is 5.85. The molecule has 0 heterocycles. The lowest BCUT2D eigenvalue weighted by Crippen LogP contribution is -2.46. The summed E-state index contributed by atoms with van der Waals surface area (Å²) in [5.41, 5.74) is 1.46. The molecule has 7 nitrogen and oxygen atoms in total. The zero-order chi connectivity index (χ0) is 22.3. The Kier molecular flexibility index (Phi) is 8.26. The van der Waals surface area contributed by atoms with Crippen LogP contribution in [0.3, 0.4) is 0 Å². The number of aliphatic carboxylic acids is 1. The number of ether oxygens (including phenoxy) is 1. The topological polar surface area (TPSA) is 105 Å². The van der Waals surface area contributed by atoms with Crippen LogP contribution in [-0.4, -0.2) is 41.3 Å². The third-order valence-electron chi connectivity index (χ3n) is 5.33. The summed E-state index contributed by atoms with van der Waals surface area (Å²) in [7, 11) is 0. The minimum atomic E-state index is -1.03. The maximum absolute atomic E-state index is 12.6. The molecule has 0 aromatic heterocycles. The monoisotopic (exact) mass is 418 g/mol. The second-order valence-corrected chi connectivity index (χ2v) is 9.19. The van der Waals surface area contributed by atoms with Gasteiger partial charge in [-0.2, -0.15) is 0 Å². The molecule has 0 spiro atoms. The summed E-state index contributed by atoms with van der Waals surface area (Å²) < 4.78 is 5.24. The van der Waals surface area contributed by atoms with Gasteiger partial charge in [-0.3, -0.25) is 4.79 Å². The fraction of sp³-hybridized carbons (Fsp3) is 0.609. The molecule has 1 aliphatic carbocycles. The van der Waals surface area contributed by atoms with E-state index in [4.69, 9.17) is 4.74 Å². The van der Waals surface area contributed by atoms with E-state index in [1.54, 1.807) is 0 Å². The molecule has 0 bridgehead atoms. The van der Waals surface area contributed by atoms with E-state index in [-0.39, 0.29) is 18.2 Å². The molecule has 1 unspecified atom stereocenters. The molecule has 1 fully saturated rings. The van der Waals surface area contributed by atoms with Crippen LogP contribution in [0.15, 0.2) is 24.3 Å². The number of hydrogen-bond acceptors (Lipinski definition) is 4. The maximum atomic E-state index is 12.6. The smallest absolute Gasteiger partial charge is 0.407 e. The lowest BCUT2D eigenvalue weighted by atomic mass is 9.81. The summed E-state index contributed by atoms with van der Waals surface area (Å²) in [4.78, 5) is 36.0. The van der Waals surface area contributed by atoms with E-state index >= 15 is 0 Å². The molecule has 1 saturated carbocycles. The van der Waals surface area contributed by atoms with Crippen molar-refractivity contribution in [3.05, 3.63) is 35.4 Å². The zero-order valence-electron chi connectivity index (χ0n) is 18.4. The van der Waals surface area contributed by atoms with Crippen LogP contribution in [0.4, 0.5) is 4.79 Å². The molecular weight excluding hydrogens is 384 g/mol. The van der Waals surface area contributed by atoms with E-state index < -0.39 is 23.7 Å². The highest BCUT2D eigenvalue weighted by atomic mass is 16.6. The third kappa shape index (κ3) is 8.05. The Labute approximate surface area is 178 Å². The Morgan fingerprint density at radius 3 is 2.23 bits per heavy atom. The van der Waals surface area contributed by atoms with Crippen molar-refractivity contribution < 1.29 is 24.2 Å². The van der Waals surface area contributed by atoms with Crippen LogP contribution in [0.5, 0.6) is 0 Å². The van der Waals surface area contributed by atoms with E-state index in [9.17, 15) is 19.5 Å². The number of aryl methyl sites for hydroxylation is 1. The number of carboxylic acid groups (broad SMARTS) is 1. The second kappa shape index (κ2) is 10.5.